The Morgan fingerprint density at radius 2 is 1.72 bits per heavy atom. The van der Waals surface area contributed by atoms with Gasteiger partial charge >= 0.3 is 17.9 Å². The Bertz CT molecular complexity index is 553. The average molecular weight is 375 g/mol. The first-order valence-electron chi connectivity index (χ1n) is 7.59. The number of hydrogen-bond acceptors (Lipinski definition) is 9. The number of hydrogen-bond donors (Lipinski definition) is 0. The molecule has 0 aromatic carbocycles. The molecule has 10 nitrogen and oxygen atoms in total. The van der Waals surface area contributed by atoms with E-state index >= 15 is 0 Å². The minimum absolute atomic E-state index is 0.196. The zero-order valence-electron chi connectivity index (χ0n) is 14.4. The van der Waals surface area contributed by atoms with Gasteiger partial charge in [-0.2, -0.15) is 0 Å². The van der Waals surface area contributed by atoms with Crippen molar-refractivity contribution in [1.82, 2.24) is 0 Å². The predicted octanol–water partition coefficient (Wildman–Crippen LogP) is 1.57. The third-order valence-corrected chi connectivity index (χ3v) is 4.23. The van der Waals surface area contributed by atoms with E-state index in [4.69, 9.17) is 24.5 Å². The van der Waals surface area contributed by atoms with E-state index in [0.717, 1.165) is 0 Å². The molecule has 1 heterocycles. The molecule has 1 saturated heterocycles. The van der Waals surface area contributed by atoms with Gasteiger partial charge < -0.3 is 18.9 Å². The van der Waals surface area contributed by atoms with E-state index < -0.39 is 47.7 Å². The molecule has 0 aromatic rings. The van der Waals surface area contributed by atoms with Crippen molar-refractivity contribution in [3.63, 3.8) is 0 Å². The van der Waals surface area contributed by atoms with Crippen LogP contribution < -0.4 is 0 Å². The molecule has 0 saturated carbocycles. The van der Waals surface area contributed by atoms with Crippen LogP contribution in [0.5, 0.6) is 0 Å². The van der Waals surface area contributed by atoms with E-state index in [1.54, 1.807) is 0 Å². The molecule has 1 rings (SSSR count). The summed E-state index contributed by atoms with van der Waals surface area (Å²) >= 11 is 1.33. The van der Waals surface area contributed by atoms with Gasteiger partial charge in [-0.25, -0.2) is 0 Å². The summed E-state index contributed by atoms with van der Waals surface area (Å²) in [6.45, 7) is 5.31. The molecular formula is C14H21N3O7S. The second kappa shape index (κ2) is 10.1. The van der Waals surface area contributed by atoms with Crippen LogP contribution in [0.4, 0.5) is 0 Å². The minimum atomic E-state index is -1.06. The zero-order chi connectivity index (χ0) is 19.0. The summed E-state index contributed by atoms with van der Waals surface area (Å²) in [6, 6.07) is -1.02. The van der Waals surface area contributed by atoms with Crippen LogP contribution in [0.1, 0.15) is 27.7 Å². The molecule has 0 amide bonds. The maximum absolute atomic E-state index is 11.4. The van der Waals surface area contributed by atoms with Crippen molar-refractivity contribution in [2.45, 2.75) is 57.5 Å². The summed E-state index contributed by atoms with van der Waals surface area (Å²) in [4.78, 5) is 36.8. The van der Waals surface area contributed by atoms with Crippen LogP contribution in [0.2, 0.25) is 0 Å². The second-order valence-corrected chi connectivity index (χ2v) is 6.52. The average Bonchev–Trinajstić information content (AvgIpc) is 2.50. The number of carbonyl (C=O) groups is 3. The molecule has 0 unspecified atom stereocenters. The smallest absolute Gasteiger partial charge is 0.303 e. The van der Waals surface area contributed by atoms with Gasteiger partial charge in [0.05, 0.1) is 0 Å². The Morgan fingerprint density at radius 1 is 1.12 bits per heavy atom. The van der Waals surface area contributed by atoms with Crippen LogP contribution in [-0.2, 0) is 33.3 Å². The third kappa shape index (κ3) is 6.45. The van der Waals surface area contributed by atoms with E-state index in [9.17, 15) is 14.4 Å². The number of azide groups is 1. The monoisotopic (exact) mass is 375 g/mol. The summed E-state index contributed by atoms with van der Waals surface area (Å²) in [5.74, 6) is -1.13. The number of thioether (sulfide) groups is 1. The van der Waals surface area contributed by atoms with E-state index in [1.165, 1.54) is 32.5 Å². The lowest BCUT2D eigenvalue weighted by atomic mass is 9.97. The topological polar surface area (TPSA) is 137 Å². The van der Waals surface area contributed by atoms with E-state index in [0.29, 0.717) is 5.75 Å². The van der Waals surface area contributed by atoms with Crippen LogP contribution in [0, 0.1) is 0 Å². The van der Waals surface area contributed by atoms with Crippen molar-refractivity contribution >= 4 is 29.7 Å². The Hall–Kier alpha value is -1.97. The number of esters is 3. The first-order valence-corrected chi connectivity index (χ1v) is 8.64. The Labute approximate surface area is 149 Å². The van der Waals surface area contributed by atoms with Gasteiger partial charge in [-0.3, -0.25) is 14.4 Å². The van der Waals surface area contributed by atoms with Crippen molar-refractivity contribution in [2.24, 2.45) is 5.11 Å². The second-order valence-electron chi connectivity index (χ2n) is 5.14. The molecule has 1 aliphatic rings. The lowest BCUT2D eigenvalue weighted by Gasteiger charge is -2.43. The summed E-state index contributed by atoms with van der Waals surface area (Å²) < 4.78 is 21.3. The minimum Gasteiger partial charge on any atom is -0.463 e. The van der Waals surface area contributed by atoms with Crippen molar-refractivity contribution < 1.29 is 33.3 Å². The number of carbonyl (C=O) groups excluding carboxylic acids is 3. The van der Waals surface area contributed by atoms with Crippen LogP contribution in [-0.4, -0.2) is 60.1 Å². The number of ether oxygens (including phenoxy) is 4. The maximum atomic E-state index is 11.4. The van der Waals surface area contributed by atoms with Gasteiger partial charge in [0.25, 0.3) is 0 Å². The zero-order valence-corrected chi connectivity index (χ0v) is 15.2. The van der Waals surface area contributed by atoms with E-state index in [2.05, 4.69) is 10.0 Å². The highest BCUT2D eigenvalue weighted by Gasteiger charge is 2.49. The predicted molar refractivity (Wildman–Crippen MR) is 87.5 cm³/mol. The highest BCUT2D eigenvalue weighted by Crippen LogP contribution is 2.34. The fourth-order valence-corrected chi connectivity index (χ4v) is 3.33. The Kier molecular flexibility index (Phi) is 8.53. The first-order chi connectivity index (χ1) is 11.8. The Morgan fingerprint density at radius 3 is 2.20 bits per heavy atom. The summed E-state index contributed by atoms with van der Waals surface area (Å²) in [6.07, 6.45) is -2.87. The Balaban J connectivity index is 3.20. The number of nitrogens with zero attached hydrogens (tertiary/aromatic N) is 3. The highest BCUT2D eigenvalue weighted by molar-refractivity contribution is 7.99. The van der Waals surface area contributed by atoms with Gasteiger partial charge in [-0.05, 0) is 11.3 Å². The van der Waals surface area contributed by atoms with Gasteiger partial charge in [0, 0.05) is 25.7 Å². The largest absolute Gasteiger partial charge is 0.463 e. The molecular weight excluding hydrogens is 354 g/mol. The molecule has 0 aromatic heterocycles. The van der Waals surface area contributed by atoms with Crippen LogP contribution >= 0.6 is 11.8 Å². The fourth-order valence-electron chi connectivity index (χ4n) is 2.37. The third-order valence-electron chi connectivity index (χ3n) is 3.19. The van der Waals surface area contributed by atoms with Crippen molar-refractivity contribution in [3.8, 4) is 0 Å². The molecule has 1 aliphatic heterocycles. The van der Waals surface area contributed by atoms with Crippen LogP contribution in [0.15, 0.2) is 5.11 Å². The highest BCUT2D eigenvalue weighted by atomic mass is 32.2. The quantitative estimate of drug-likeness (QED) is 0.215. The summed E-state index contributed by atoms with van der Waals surface area (Å²) in [7, 11) is 0. The van der Waals surface area contributed by atoms with Crippen molar-refractivity contribution in [1.29, 1.82) is 0 Å². The van der Waals surface area contributed by atoms with Gasteiger partial charge in [0.1, 0.15) is 36.4 Å². The van der Waals surface area contributed by atoms with Gasteiger partial charge in [0.2, 0.25) is 0 Å². The molecule has 0 radical (unpaired) electrons. The normalized spacial score (nSPS) is 28.4. The molecule has 25 heavy (non-hydrogen) atoms. The van der Waals surface area contributed by atoms with Gasteiger partial charge in [-0.15, -0.1) is 11.8 Å². The van der Waals surface area contributed by atoms with E-state index in [-0.39, 0.29) is 6.61 Å². The lowest BCUT2D eigenvalue weighted by Crippen LogP contribution is -2.59. The van der Waals surface area contributed by atoms with Crippen molar-refractivity contribution in [3.05, 3.63) is 10.4 Å². The maximum Gasteiger partial charge on any atom is 0.303 e. The van der Waals surface area contributed by atoms with Crippen LogP contribution in [0.3, 0.4) is 0 Å². The molecule has 140 valence electrons. The number of rotatable bonds is 7. The first kappa shape index (κ1) is 21.1. The van der Waals surface area contributed by atoms with Gasteiger partial charge in [0.15, 0.2) is 0 Å². The van der Waals surface area contributed by atoms with Gasteiger partial charge in [-0.1, -0.05) is 12.0 Å². The summed E-state index contributed by atoms with van der Waals surface area (Å²) in [5, 5.41) is 3.65. The van der Waals surface area contributed by atoms with E-state index in [1.807, 2.05) is 6.92 Å². The molecule has 5 atom stereocenters. The summed E-state index contributed by atoms with van der Waals surface area (Å²) in [5.41, 5.74) is 8.22. The standard InChI is InChI=1S/C14H21N3O7S/c1-5-25-14-13(23-9(4)20)11(16-17-15)12(22-8(3)19)10(24-14)6-21-7(2)18/h10-14H,5-6H2,1-4H3/t10-,11+,12+,13-,14-/m1/s1. The molecule has 1 fully saturated rings. The molecule has 0 aliphatic carbocycles. The lowest BCUT2D eigenvalue weighted by molar-refractivity contribution is -0.201. The van der Waals surface area contributed by atoms with Crippen molar-refractivity contribution in [2.75, 3.05) is 12.4 Å². The SMILES string of the molecule is CCS[C@H]1O[C@H](COC(C)=O)[C@H](OC(C)=O)[C@H](N=[N+]=[N-])[C@H]1OC(C)=O. The molecule has 0 spiro atoms. The van der Waals surface area contributed by atoms with Crippen LogP contribution in [0.25, 0.3) is 10.4 Å². The molecule has 0 bridgehead atoms. The molecule has 11 heteroatoms. The molecule has 0 N–H and O–H groups in total. The fraction of sp³-hybridized carbons (Fsp3) is 0.786.